The van der Waals surface area contributed by atoms with Crippen LogP contribution in [0.4, 0.5) is 0 Å². The van der Waals surface area contributed by atoms with E-state index >= 15 is 0 Å². The van der Waals surface area contributed by atoms with Crippen LogP contribution in [-0.4, -0.2) is 38.6 Å². The van der Waals surface area contributed by atoms with Crippen LogP contribution < -0.4 is 4.74 Å². The molecule has 1 aromatic carbocycles. The molecule has 0 spiro atoms. The fraction of sp³-hybridized carbons (Fsp3) is 0.524. The van der Waals surface area contributed by atoms with E-state index in [0.29, 0.717) is 19.3 Å². The first kappa shape index (κ1) is 18.0. The molecule has 0 radical (unpaired) electrons. The molecule has 3 rings (SSSR count). The van der Waals surface area contributed by atoms with Crippen LogP contribution in [-0.2, 0) is 19.6 Å². The molecule has 2 unspecified atom stereocenters. The maximum Gasteiger partial charge on any atom is 0.119 e. The number of allylic oxidation sites excluding steroid dienone is 4. The Bertz CT molecular complexity index is 607. The van der Waals surface area contributed by atoms with E-state index in [1.165, 1.54) is 5.56 Å². The van der Waals surface area contributed by atoms with E-state index in [2.05, 4.69) is 51.1 Å². The summed E-state index contributed by atoms with van der Waals surface area (Å²) in [5.74, 6) is 1.89. The number of rotatable bonds is 10. The molecule has 4 heteroatoms. The minimum absolute atomic E-state index is 0.0624. The topological polar surface area (TPSA) is 43.5 Å². The molecule has 0 bridgehead atoms. The highest BCUT2D eigenvalue weighted by Gasteiger charge is 2.24. The van der Waals surface area contributed by atoms with Gasteiger partial charge in [0.1, 0.15) is 31.2 Å². The molecule has 136 valence electrons. The molecule has 2 atom stereocenters. The third-order valence-electron chi connectivity index (χ3n) is 4.44. The summed E-state index contributed by atoms with van der Waals surface area (Å²) in [6.45, 7) is 9.45. The highest BCUT2D eigenvalue weighted by atomic mass is 16.6. The standard InChI is InChI=1S/C21H28O4/c1-4-17(22-12-19-14-24-19)6-5-11-21(2,3)16-7-9-18(10-8-16)23-13-20-15-25-20/h5-11,19-20H,4,12-15H2,1-3H3. The predicted molar refractivity (Wildman–Crippen MR) is 97.9 cm³/mol. The van der Waals surface area contributed by atoms with Gasteiger partial charge in [0.25, 0.3) is 0 Å². The lowest BCUT2D eigenvalue weighted by atomic mass is 9.84. The average Bonchev–Trinajstić information content (AvgIpc) is 3.51. The van der Waals surface area contributed by atoms with Gasteiger partial charge in [0.15, 0.2) is 0 Å². The van der Waals surface area contributed by atoms with Crippen LogP contribution in [0.2, 0.25) is 0 Å². The molecule has 25 heavy (non-hydrogen) atoms. The highest BCUT2D eigenvalue weighted by molar-refractivity contribution is 5.35. The minimum atomic E-state index is -0.0624. The van der Waals surface area contributed by atoms with Gasteiger partial charge >= 0.3 is 0 Å². The molecule has 2 fully saturated rings. The monoisotopic (exact) mass is 344 g/mol. The van der Waals surface area contributed by atoms with Gasteiger partial charge in [-0.05, 0) is 23.8 Å². The molecule has 0 N–H and O–H groups in total. The summed E-state index contributed by atoms with van der Waals surface area (Å²) in [5, 5.41) is 0. The van der Waals surface area contributed by atoms with Gasteiger partial charge in [-0.3, -0.25) is 0 Å². The van der Waals surface area contributed by atoms with Gasteiger partial charge in [0.05, 0.1) is 19.0 Å². The zero-order valence-electron chi connectivity index (χ0n) is 15.4. The lowest BCUT2D eigenvalue weighted by Crippen LogP contribution is -2.13. The van der Waals surface area contributed by atoms with Crippen molar-refractivity contribution in [2.24, 2.45) is 0 Å². The van der Waals surface area contributed by atoms with Gasteiger partial charge in [-0.15, -0.1) is 0 Å². The molecule has 0 aromatic heterocycles. The maximum absolute atomic E-state index is 5.76. The quantitative estimate of drug-likeness (QED) is 0.365. The molecule has 2 aliphatic rings. The van der Waals surface area contributed by atoms with Crippen molar-refractivity contribution >= 4 is 0 Å². The first-order valence-corrected chi connectivity index (χ1v) is 9.04. The van der Waals surface area contributed by atoms with Crippen LogP contribution in [0, 0.1) is 0 Å². The van der Waals surface area contributed by atoms with Crippen molar-refractivity contribution in [3.8, 4) is 5.75 Å². The summed E-state index contributed by atoms with van der Waals surface area (Å²) in [6, 6.07) is 8.30. The van der Waals surface area contributed by atoms with Gasteiger partial charge in [-0.2, -0.15) is 0 Å². The van der Waals surface area contributed by atoms with E-state index in [0.717, 1.165) is 31.1 Å². The smallest absolute Gasteiger partial charge is 0.119 e. The van der Waals surface area contributed by atoms with Crippen LogP contribution in [0.1, 0.15) is 32.8 Å². The van der Waals surface area contributed by atoms with E-state index < -0.39 is 0 Å². The molecule has 0 amide bonds. The zero-order chi connectivity index (χ0) is 17.7. The van der Waals surface area contributed by atoms with Crippen LogP contribution >= 0.6 is 0 Å². The Labute approximate surface area is 150 Å². The first-order chi connectivity index (χ1) is 12.1. The van der Waals surface area contributed by atoms with Crippen LogP contribution in [0.5, 0.6) is 5.75 Å². The van der Waals surface area contributed by atoms with E-state index in [1.54, 1.807) is 0 Å². The van der Waals surface area contributed by atoms with Crippen LogP contribution in [0.25, 0.3) is 0 Å². The Kier molecular flexibility index (Phi) is 5.82. The van der Waals surface area contributed by atoms with Gasteiger partial charge in [-0.1, -0.05) is 45.1 Å². The second-order valence-corrected chi connectivity index (χ2v) is 7.12. The third kappa shape index (κ3) is 5.91. The molecule has 0 aliphatic carbocycles. The SMILES string of the molecule is CCC(=CC=CC(C)(C)c1ccc(OCC2CO2)cc1)OCC1CO1. The third-order valence-corrected chi connectivity index (χ3v) is 4.44. The molecular formula is C21H28O4. The Hall–Kier alpha value is -1.78. The summed E-state index contributed by atoms with van der Waals surface area (Å²) in [5.41, 5.74) is 1.19. The van der Waals surface area contributed by atoms with Crippen molar-refractivity contribution < 1.29 is 18.9 Å². The van der Waals surface area contributed by atoms with Gasteiger partial charge in [0.2, 0.25) is 0 Å². The Morgan fingerprint density at radius 2 is 1.76 bits per heavy atom. The number of epoxide rings is 2. The number of benzene rings is 1. The van der Waals surface area contributed by atoms with Gasteiger partial charge < -0.3 is 18.9 Å². The second kappa shape index (κ2) is 8.07. The van der Waals surface area contributed by atoms with Crippen LogP contribution in [0.15, 0.2) is 48.3 Å². The van der Waals surface area contributed by atoms with Crippen LogP contribution in [0.3, 0.4) is 0 Å². The zero-order valence-corrected chi connectivity index (χ0v) is 15.4. The number of hydrogen-bond donors (Lipinski definition) is 0. The highest BCUT2D eigenvalue weighted by Crippen LogP contribution is 2.27. The molecular weight excluding hydrogens is 316 g/mol. The van der Waals surface area contributed by atoms with Crippen molar-refractivity contribution in [2.45, 2.75) is 44.8 Å². The lowest BCUT2D eigenvalue weighted by molar-refractivity contribution is 0.177. The largest absolute Gasteiger partial charge is 0.495 e. The van der Waals surface area contributed by atoms with Crippen molar-refractivity contribution in [1.82, 2.24) is 0 Å². The van der Waals surface area contributed by atoms with E-state index in [1.807, 2.05) is 12.1 Å². The minimum Gasteiger partial charge on any atom is -0.495 e. The normalized spacial score (nSPS) is 22.9. The van der Waals surface area contributed by atoms with Gasteiger partial charge in [-0.25, -0.2) is 0 Å². The Balaban J connectivity index is 1.54. The summed E-state index contributed by atoms with van der Waals surface area (Å²) < 4.78 is 21.8. The molecule has 0 saturated carbocycles. The first-order valence-electron chi connectivity index (χ1n) is 9.04. The summed E-state index contributed by atoms with van der Waals surface area (Å²) >= 11 is 0. The summed E-state index contributed by atoms with van der Waals surface area (Å²) in [4.78, 5) is 0. The number of hydrogen-bond acceptors (Lipinski definition) is 4. The van der Waals surface area contributed by atoms with E-state index in [4.69, 9.17) is 18.9 Å². The molecule has 2 heterocycles. The van der Waals surface area contributed by atoms with Crippen molar-refractivity contribution in [3.05, 3.63) is 53.8 Å². The number of ether oxygens (including phenoxy) is 4. The van der Waals surface area contributed by atoms with E-state index in [9.17, 15) is 0 Å². The fourth-order valence-electron chi connectivity index (χ4n) is 2.46. The summed E-state index contributed by atoms with van der Waals surface area (Å²) in [6.07, 6.45) is 7.80. The molecule has 4 nitrogen and oxygen atoms in total. The van der Waals surface area contributed by atoms with E-state index in [-0.39, 0.29) is 11.5 Å². The van der Waals surface area contributed by atoms with Crippen molar-refractivity contribution in [1.29, 1.82) is 0 Å². The molecule has 2 aliphatic heterocycles. The molecule has 1 aromatic rings. The van der Waals surface area contributed by atoms with Crippen molar-refractivity contribution in [2.75, 3.05) is 26.4 Å². The van der Waals surface area contributed by atoms with Gasteiger partial charge in [0, 0.05) is 11.8 Å². The maximum atomic E-state index is 5.76. The Morgan fingerprint density at radius 3 is 2.36 bits per heavy atom. The Morgan fingerprint density at radius 1 is 1.12 bits per heavy atom. The fourth-order valence-corrected chi connectivity index (χ4v) is 2.46. The predicted octanol–water partition coefficient (Wildman–Crippen LogP) is 4.01. The second-order valence-electron chi connectivity index (χ2n) is 7.12. The molecule has 2 saturated heterocycles. The summed E-state index contributed by atoms with van der Waals surface area (Å²) in [7, 11) is 0. The van der Waals surface area contributed by atoms with Crippen molar-refractivity contribution in [3.63, 3.8) is 0 Å². The average molecular weight is 344 g/mol. The lowest BCUT2D eigenvalue weighted by Gasteiger charge is -2.21.